The van der Waals surface area contributed by atoms with E-state index in [4.69, 9.17) is 18.9 Å². The van der Waals surface area contributed by atoms with Gasteiger partial charge in [-0.3, -0.25) is 14.7 Å². The number of piperidine rings is 1. The monoisotopic (exact) mass is 522 g/mol. The van der Waals surface area contributed by atoms with E-state index < -0.39 is 0 Å². The molecule has 1 spiro atoms. The van der Waals surface area contributed by atoms with Crippen LogP contribution in [0.4, 0.5) is 10.5 Å². The summed E-state index contributed by atoms with van der Waals surface area (Å²) in [5.41, 5.74) is 1.71. The number of fused-ring (bicyclic) bond motifs is 2. The molecule has 3 aliphatic rings. The van der Waals surface area contributed by atoms with Crippen molar-refractivity contribution in [3.63, 3.8) is 0 Å². The average Bonchev–Trinajstić information content (AvgIpc) is 3.27. The Morgan fingerprint density at radius 3 is 2.63 bits per heavy atom. The maximum absolute atomic E-state index is 12.2. The lowest BCUT2D eigenvalue weighted by Gasteiger charge is -2.31. The van der Waals surface area contributed by atoms with E-state index >= 15 is 0 Å². The molecule has 11 nitrogen and oxygen atoms in total. The zero-order valence-electron chi connectivity index (χ0n) is 21.2. The van der Waals surface area contributed by atoms with Gasteiger partial charge in [-0.15, -0.1) is 0 Å². The van der Waals surface area contributed by atoms with Gasteiger partial charge in [-0.05, 0) is 31.3 Å². The van der Waals surface area contributed by atoms with Gasteiger partial charge in [0.05, 0.1) is 36.6 Å². The molecular weight excluding hydrogens is 492 g/mol. The number of aldehydes is 1. The molecule has 0 radical (unpaired) electrons. The summed E-state index contributed by atoms with van der Waals surface area (Å²) in [6.45, 7) is 3.84. The Labute approximate surface area is 219 Å². The summed E-state index contributed by atoms with van der Waals surface area (Å²) in [4.78, 5) is 40.2. The summed E-state index contributed by atoms with van der Waals surface area (Å²) in [6, 6.07) is 10.4. The lowest BCUT2D eigenvalue weighted by atomic mass is 9.92. The number of nitrogens with zero attached hydrogens (tertiary/aromatic N) is 3. The third-order valence-corrected chi connectivity index (χ3v) is 6.84. The minimum atomic E-state index is -0.338. The highest BCUT2D eigenvalue weighted by Crippen LogP contribution is 2.38. The summed E-state index contributed by atoms with van der Waals surface area (Å²) < 4.78 is 23.4. The molecule has 0 atom stereocenters. The molecule has 2 saturated heterocycles. The Kier molecular flexibility index (Phi) is 7.45. The van der Waals surface area contributed by atoms with Crippen LogP contribution in [-0.2, 0) is 16.1 Å². The van der Waals surface area contributed by atoms with Crippen LogP contribution in [0, 0.1) is 0 Å². The van der Waals surface area contributed by atoms with Crippen LogP contribution in [0.25, 0.3) is 11.0 Å². The second-order valence-corrected chi connectivity index (χ2v) is 9.27. The van der Waals surface area contributed by atoms with Gasteiger partial charge >= 0.3 is 6.09 Å². The van der Waals surface area contributed by atoms with Crippen molar-refractivity contribution in [3.8, 4) is 17.2 Å². The van der Waals surface area contributed by atoms with Gasteiger partial charge in [0.15, 0.2) is 11.5 Å². The first kappa shape index (κ1) is 25.5. The third kappa shape index (κ3) is 5.28. The molecule has 0 saturated carbocycles. The van der Waals surface area contributed by atoms with Crippen LogP contribution in [0.3, 0.4) is 0 Å². The highest BCUT2D eigenvalue weighted by atomic mass is 16.6. The van der Waals surface area contributed by atoms with Crippen LogP contribution in [-0.4, -0.2) is 67.5 Å². The van der Waals surface area contributed by atoms with Crippen molar-refractivity contribution in [1.29, 1.82) is 0 Å². The number of carbonyl (C=O) groups is 2. The number of benzene rings is 1. The fraction of sp³-hybridized carbons (Fsp3) is 0.407. The number of ether oxygens (including phenoxy) is 4. The van der Waals surface area contributed by atoms with E-state index in [0.29, 0.717) is 55.3 Å². The second kappa shape index (κ2) is 11.1. The summed E-state index contributed by atoms with van der Waals surface area (Å²) in [5.74, 6) is 2.01. The van der Waals surface area contributed by atoms with Crippen molar-refractivity contribution in [2.24, 2.45) is 0 Å². The quantitative estimate of drug-likeness (QED) is 0.504. The van der Waals surface area contributed by atoms with Crippen molar-refractivity contribution in [1.82, 2.24) is 14.9 Å². The van der Waals surface area contributed by atoms with Crippen LogP contribution >= 0.6 is 0 Å². The molecule has 11 heteroatoms. The fourth-order valence-corrected chi connectivity index (χ4v) is 4.84. The summed E-state index contributed by atoms with van der Waals surface area (Å²) in [6.07, 6.45) is 4.14. The first-order valence-corrected chi connectivity index (χ1v) is 12.6. The average molecular weight is 523 g/mol. The van der Waals surface area contributed by atoms with Crippen molar-refractivity contribution in [2.75, 3.05) is 44.9 Å². The minimum Gasteiger partial charge on any atom is -0.495 e. The molecule has 1 N–H and O–H groups in total. The summed E-state index contributed by atoms with van der Waals surface area (Å²) >= 11 is 0. The van der Waals surface area contributed by atoms with Crippen LogP contribution < -0.4 is 30.0 Å². The minimum absolute atomic E-state index is 0.144. The van der Waals surface area contributed by atoms with E-state index in [1.165, 1.54) is 10.6 Å². The number of nitrogens with one attached hydrogen (secondary N) is 1. The molecule has 38 heavy (non-hydrogen) atoms. The van der Waals surface area contributed by atoms with E-state index in [1.807, 2.05) is 18.2 Å². The molecule has 2 fully saturated rings. The van der Waals surface area contributed by atoms with Crippen molar-refractivity contribution < 1.29 is 28.5 Å². The van der Waals surface area contributed by atoms with Gasteiger partial charge in [0.25, 0.3) is 5.56 Å². The Morgan fingerprint density at radius 1 is 1.08 bits per heavy atom. The number of rotatable bonds is 5. The van der Waals surface area contributed by atoms with Gasteiger partial charge in [-0.25, -0.2) is 4.79 Å². The van der Waals surface area contributed by atoms with Crippen LogP contribution in [0.15, 0.2) is 47.4 Å². The normalized spacial score (nSPS) is 17.5. The van der Waals surface area contributed by atoms with Crippen molar-refractivity contribution in [3.05, 3.63) is 52.9 Å². The first-order chi connectivity index (χ1) is 18.5. The number of carbonyl (C=O) groups excluding carboxylic acids is 2. The van der Waals surface area contributed by atoms with Crippen LogP contribution in [0.1, 0.15) is 19.3 Å². The van der Waals surface area contributed by atoms with Crippen molar-refractivity contribution in [2.45, 2.75) is 31.4 Å². The molecule has 5 heterocycles. The molecule has 3 aliphatic heterocycles. The van der Waals surface area contributed by atoms with Crippen LogP contribution in [0.5, 0.6) is 17.2 Å². The van der Waals surface area contributed by atoms with Gasteiger partial charge in [-0.1, -0.05) is 0 Å². The molecule has 1 amide bonds. The SMILES string of the molecule is COc1cnc2ccc(=O)n(CCC=O)c2c1.O=C1OC2(CCNCC2)CN1c1ccc2c(c1)OCCO2. The summed E-state index contributed by atoms with van der Waals surface area (Å²) in [7, 11) is 1.54. The fourth-order valence-electron chi connectivity index (χ4n) is 4.84. The molecule has 0 aliphatic carbocycles. The number of aromatic nitrogens is 2. The zero-order valence-corrected chi connectivity index (χ0v) is 21.2. The Balaban J connectivity index is 0.000000159. The lowest BCUT2D eigenvalue weighted by Crippen LogP contribution is -2.44. The zero-order chi connectivity index (χ0) is 26.5. The molecular formula is C27H30N4O7. The number of aryl methyl sites for hydroxylation is 1. The first-order valence-electron chi connectivity index (χ1n) is 12.6. The Hall–Kier alpha value is -4.12. The molecule has 0 bridgehead atoms. The van der Waals surface area contributed by atoms with E-state index in [-0.39, 0.29) is 17.3 Å². The van der Waals surface area contributed by atoms with Gasteiger partial charge in [0.2, 0.25) is 0 Å². The smallest absolute Gasteiger partial charge is 0.415 e. The predicted octanol–water partition coefficient (Wildman–Crippen LogP) is 2.53. The Bertz CT molecular complexity index is 1380. The van der Waals surface area contributed by atoms with E-state index in [9.17, 15) is 14.4 Å². The largest absolute Gasteiger partial charge is 0.495 e. The number of methoxy groups -OCH3 is 1. The van der Waals surface area contributed by atoms with Gasteiger partial charge < -0.3 is 33.6 Å². The number of anilines is 1. The highest BCUT2D eigenvalue weighted by Gasteiger charge is 2.46. The van der Waals surface area contributed by atoms with Gasteiger partial charge in [0.1, 0.15) is 30.9 Å². The topological polar surface area (TPSA) is 121 Å². The number of hydrogen-bond donors (Lipinski definition) is 1. The van der Waals surface area contributed by atoms with E-state index in [0.717, 1.165) is 43.7 Å². The molecule has 200 valence electrons. The molecule has 1 aromatic carbocycles. The predicted molar refractivity (Wildman–Crippen MR) is 139 cm³/mol. The molecule has 2 aromatic heterocycles. The Morgan fingerprint density at radius 2 is 1.87 bits per heavy atom. The van der Waals surface area contributed by atoms with E-state index in [2.05, 4.69) is 10.3 Å². The third-order valence-electron chi connectivity index (χ3n) is 6.84. The maximum atomic E-state index is 12.2. The maximum Gasteiger partial charge on any atom is 0.415 e. The van der Waals surface area contributed by atoms with Crippen molar-refractivity contribution >= 4 is 29.1 Å². The van der Waals surface area contributed by atoms with Crippen LogP contribution in [0.2, 0.25) is 0 Å². The lowest BCUT2D eigenvalue weighted by molar-refractivity contribution is -0.108. The number of pyridine rings is 2. The number of amides is 1. The second-order valence-electron chi connectivity index (χ2n) is 9.27. The van der Waals surface area contributed by atoms with Gasteiger partial charge in [0, 0.05) is 44.0 Å². The van der Waals surface area contributed by atoms with Gasteiger partial charge in [-0.2, -0.15) is 0 Å². The molecule has 3 aromatic rings. The molecule has 6 rings (SSSR count). The standard InChI is InChI=1S/C15H18N2O4.C12H12N2O3/c18-14-17(10-15(21-14)3-5-16-6-4-15)11-1-2-12-13(9-11)20-8-7-19-12;1-17-9-7-11-10(13-8-9)3-4-12(16)14(11)5-2-6-15/h1-2,9,16H,3-8,10H2;3-4,6-8H,2,5H2,1H3. The summed E-state index contributed by atoms with van der Waals surface area (Å²) in [5, 5.41) is 3.30. The molecule has 0 unspecified atom stereocenters. The number of hydrogen-bond acceptors (Lipinski definition) is 9. The highest BCUT2D eigenvalue weighted by molar-refractivity contribution is 5.90. The van der Waals surface area contributed by atoms with E-state index in [1.54, 1.807) is 30.3 Å².